The van der Waals surface area contributed by atoms with Crippen LogP contribution in [-0.4, -0.2) is 62.0 Å². The number of carboxylic acid groups (broad SMARTS) is 1. The van der Waals surface area contributed by atoms with Gasteiger partial charge in [-0.05, 0) is 24.3 Å². The van der Waals surface area contributed by atoms with Gasteiger partial charge in [0, 0.05) is 13.1 Å². The van der Waals surface area contributed by atoms with E-state index in [0.717, 1.165) is 11.5 Å². The van der Waals surface area contributed by atoms with Crippen molar-refractivity contribution in [1.82, 2.24) is 4.90 Å². The number of carbonyl (C=O) groups is 1. The van der Waals surface area contributed by atoms with Gasteiger partial charge < -0.3 is 19.3 Å². The lowest BCUT2D eigenvalue weighted by Crippen LogP contribution is -2.51. The highest BCUT2D eigenvalue weighted by Gasteiger charge is 2.28. The second kappa shape index (κ2) is 7.12. The molecule has 1 atom stereocenters. The number of hydrogen-bond acceptors (Lipinski definition) is 5. The number of rotatable bonds is 6. The lowest BCUT2D eigenvalue weighted by molar-refractivity contribution is -0.149. The molecule has 2 rings (SSSR count). The van der Waals surface area contributed by atoms with Crippen LogP contribution in [0.5, 0.6) is 11.5 Å². The minimum Gasteiger partial charge on any atom is -0.497 e. The van der Waals surface area contributed by atoms with E-state index < -0.39 is 12.0 Å². The van der Waals surface area contributed by atoms with E-state index >= 15 is 0 Å². The van der Waals surface area contributed by atoms with Crippen molar-refractivity contribution in [2.24, 2.45) is 0 Å². The number of morpholine rings is 1. The van der Waals surface area contributed by atoms with Crippen LogP contribution in [0.2, 0.25) is 0 Å². The fourth-order valence-electron chi connectivity index (χ4n) is 2.09. The van der Waals surface area contributed by atoms with Gasteiger partial charge in [-0.2, -0.15) is 0 Å². The second-order valence-corrected chi connectivity index (χ2v) is 4.49. The maximum absolute atomic E-state index is 11.1. The van der Waals surface area contributed by atoms with E-state index in [1.807, 2.05) is 29.2 Å². The van der Waals surface area contributed by atoms with Crippen LogP contribution < -0.4 is 9.47 Å². The first-order valence-corrected chi connectivity index (χ1v) is 6.52. The van der Waals surface area contributed by atoms with Gasteiger partial charge in [-0.3, -0.25) is 9.69 Å². The number of aliphatic carboxylic acids is 1. The molecule has 0 spiro atoms. The van der Waals surface area contributed by atoms with Crippen molar-refractivity contribution in [3.63, 3.8) is 0 Å². The van der Waals surface area contributed by atoms with Crippen LogP contribution in [0.25, 0.3) is 0 Å². The van der Waals surface area contributed by atoms with Gasteiger partial charge in [-0.15, -0.1) is 0 Å². The van der Waals surface area contributed by atoms with E-state index in [0.29, 0.717) is 26.3 Å². The maximum atomic E-state index is 11.1. The third-order valence-electron chi connectivity index (χ3n) is 3.23. The first-order chi connectivity index (χ1) is 9.70. The summed E-state index contributed by atoms with van der Waals surface area (Å²) in [6, 6.07) is 6.72. The van der Waals surface area contributed by atoms with Crippen LogP contribution in [0.4, 0.5) is 0 Å². The highest BCUT2D eigenvalue weighted by Crippen LogP contribution is 2.17. The minimum absolute atomic E-state index is 0.234. The molecule has 6 nitrogen and oxygen atoms in total. The van der Waals surface area contributed by atoms with Gasteiger partial charge in [-0.1, -0.05) is 0 Å². The predicted octanol–water partition coefficient (Wildman–Crippen LogP) is 0.859. The Morgan fingerprint density at radius 3 is 2.75 bits per heavy atom. The summed E-state index contributed by atoms with van der Waals surface area (Å²) < 4.78 is 15.9. The molecule has 0 bridgehead atoms. The van der Waals surface area contributed by atoms with Crippen LogP contribution in [0.15, 0.2) is 24.3 Å². The molecule has 1 aromatic carbocycles. The largest absolute Gasteiger partial charge is 0.497 e. The maximum Gasteiger partial charge on any atom is 0.323 e. The number of methoxy groups -OCH3 is 1. The average Bonchev–Trinajstić information content (AvgIpc) is 2.48. The van der Waals surface area contributed by atoms with Crippen LogP contribution in [0, 0.1) is 0 Å². The van der Waals surface area contributed by atoms with Crippen molar-refractivity contribution in [3.05, 3.63) is 24.3 Å². The summed E-state index contributed by atoms with van der Waals surface area (Å²) in [4.78, 5) is 13.0. The molecule has 0 aromatic heterocycles. The molecule has 1 aromatic rings. The Labute approximate surface area is 117 Å². The highest BCUT2D eigenvalue weighted by atomic mass is 16.5. The fourth-order valence-corrected chi connectivity index (χ4v) is 2.09. The van der Waals surface area contributed by atoms with E-state index in [-0.39, 0.29) is 6.61 Å². The summed E-state index contributed by atoms with van der Waals surface area (Å²) in [5, 5.41) is 9.11. The van der Waals surface area contributed by atoms with Crippen molar-refractivity contribution in [1.29, 1.82) is 0 Å². The lowest BCUT2D eigenvalue weighted by Gasteiger charge is -2.32. The number of carboxylic acids is 1. The minimum atomic E-state index is -0.853. The van der Waals surface area contributed by atoms with Gasteiger partial charge in [0.1, 0.15) is 24.1 Å². The third-order valence-corrected chi connectivity index (χ3v) is 3.23. The predicted molar refractivity (Wildman–Crippen MR) is 72.3 cm³/mol. The molecule has 1 unspecified atom stereocenters. The standard InChI is InChI=1S/C14H19NO5/c1-18-11-2-4-12(5-3-11)20-9-7-15-6-8-19-10-13(15)14(16)17/h2-5,13H,6-10H2,1H3,(H,16,17). The van der Waals surface area contributed by atoms with Crippen LogP contribution >= 0.6 is 0 Å². The molecule has 0 radical (unpaired) electrons. The zero-order valence-corrected chi connectivity index (χ0v) is 11.4. The fraction of sp³-hybridized carbons (Fsp3) is 0.500. The normalized spacial score (nSPS) is 19.6. The number of benzene rings is 1. The van der Waals surface area contributed by atoms with Gasteiger partial charge >= 0.3 is 5.97 Å². The molecule has 1 aliphatic rings. The second-order valence-electron chi connectivity index (χ2n) is 4.49. The summed E-state index contributed by atoms with van der Waals surface area (Å²) in [5.74, 6) is 0.663. The third kappa shape index (κ3) is 3.85. The Kier molecular flexibility index (Phi) is 5.20. The quantitative estimate of drug-likeness (QED) is 0.834. The lowest BCUT2D eigenvalue weighted by atomic mass is 10.2. The highest BCUT2D eigenvalue weighted by molar-refractivity contribution is 5.73. The number of ether oxygens (including phenoxy) is 3. The van der Waals surface area contributed by atoms with Crippen LogP contribution in [0.3, 0.4) is 0 Å². The van der Waals surface area contributed by atoms with Crippen molar-refractivity contribution >= 4 is 5.97 Å². The van der Waals surface area contributed by atoms with Crippen molar-refractivity contribution in [3.8, 4) is 11.5 Å². The molecule has 0 amide bonds. The van der Waals surface area contributed by atoms with E-state index in [9.17, 15) is 4.79 Å². The van der Waals surface area contributed by atoms with Gasteiger partial charge in [0.25, 0.3) is 0 Å². The van der Waals surface area contributed by atoms with Crippen LogP contribution in [-0.2, 0) is 9.53 Å². The van der Waals surface area contributed by atoms with Gasteiger partial charge in [-0.25, -0.2) is 0 Å². The zero-order chi connectivity index (χ0) is 14.4. The van der Waals surface area contributed by atoms with E-state index in [1.54, 1.807) is 7.11 Å². The summed E-state index contributed by atoms with van der Waals surface area (Å²) >= 11 is 0. The molecular formula is C14H19NO5. The monoisotopic (exact) mass is 281 g/mol. The first kappa shape index (κ1) is 14.6. The SMILES string of the molecule is COc1ccc(OCCN2CCOCC2C(=O)O)cc1. The smallest absolute Gasteiger partial charge is 0.323 e. The summed E-state index contributed by atoms with van der Waals surface area (Å²) in [7, 11) is 1.61. The Morgan fingerprint density at radius 1 is 1.40 bits per heavy atom. The van der Waals surface area contributed by atoms with Gasteiger partial charge in [0.15, 0.2) is 0 Å². The Morgan fingerprint density at radius 2 is 2.10 bits per heavy atom. The molecule has 1 N–H and O–H groups in total. The molecule has 1 saturated heterocycles. The van der Waals surface area contributed by atoms with Crippen LogP contribution in [0.1, 0.15) is 0 Å². The van der Waals surface area contributed by atoms with E-state index in [1.165, 1.54) is 0 Å². The summed E-state index contributed by atoms with van der Waals surface area (Å²) in [6.07, 6.45) is 0. The molecule has 0 saturated carbocycles. The Balaban J connectivity index is 1.80. The average molecular weight is 281 g/mol. The topological polar surface area (TPSA) is 68.2 Å². The Bertz CT molecular complexity index is 434. The molecule has 20 heavy (non-hydrogen) atoms. The molecule has 1 aliphatic heterocycles. The van der Waals surface area contributed by atoms with Crippen molar-refractivity contribution in [2.45, 2.75) is 6.04 Å². The van der Waals surface area contributed by atoms with Gasteiger partial charge in [0.2, 0.25) is 0 Å². The van der Waals surface area contributed by atoms with E-state index in [2.05, 4.69) is 0 Å². The van der Waals surface area contributed by atoms with Gasteiger partial charge in [0.05, 0.1) is 20.3 Å². The molecule has 110 valence electrons. The Hall–Kier alpha value is -1.79. The molecular weight excluding hydrogens is 262 g/mol. The molecule has 1 heterocycles. The molecule has 0 aliphatic carbocycles. The van der Waals surface area contributed by atoms with E-state index in [4.69, 9.17) is 19.3 Å². The zero-order valence-electron chi connectivity index (χ0n) is 11.4. The summed E-state index contributed by atoms with van der Waals surface area (Å²) in [6.45, 7) is 2.41. The molecule has 6 heteroatoms. The van der Waals surface area contributed by atoms with Crippen molar-refractivity contribution in [2.75, 3.05) is 40.0 Å². The number of nitrogens with zero attached hydrogens (tertiary/aromatic N) is 1. The molecule has 1 fully saturated rings. The first-order valence-electron chi connectivity index (χ1n) is 6.52. The summed E-state index contributed by atoms with van der Waals surface area (Å²) in [5.41, 5.74) is 0. The number of hydrogen-bond donors (Lipinski definition) is 1. The van der Waals surface area contributed by atoms with Crippen molar-refractivity contribution < 1.29 is 24.1 Å².